The van der Waals surface area contributed by atoms with Crippen LogP contribution < -0.4 is 10.6 Å². The average Bonchev–Trinajstić information content (AvgIpc) is 2.61. The van der Waals surface area contributed by atoms with Gasteiger partial charge in [-0.05, 0) is 43.5 Å². The van der Waals surface area contributed by atoms with Crippen LogP contribution in [0.1, 0.15) is 38.3 Å². The van der Waals surface area contributed by atoms with E-state index in [1.54, 1.807) is 13.2 Å². The molecular weight excluding hydrogens is 354 g/mol. The van der Waals surface area contributed by atoms with Crippen molar-refractivity contribution in [3.8, 4) is 0 Å². The predicted molar refractivity (Wildman–Crippen MR) is 102 cm³/mol. The van der Waals surface area contributed by atoms with Crippen molar-refractivity contribution in [3.63, 3.8) is 0 Å². The molecule has 0 radical (unpaired) electrons. The number of hydrogen-bond donors (Lipinski definition) is 2. The van der Waals surface area contributed by atoms with E-state index < -0.39 is 0 Å². The number of hydrogen-bond acceptors (Lipinski definition) is 4. The molecule has 26 heavy (non-hydrogen) atoms. The van der Waals surface area contributed by atoms with Gasteiger partial charge >= 0.3 is 0 Å². The van der Waals surface area contributed by atoms with Gasteiger partial charge in [0.2, 0.25) is 0 Å². The Bertz CT molecular complexity index is 785. The normalized spacial score (nSPS) is 10.5. The lowest BCUT2D eigenvalue weighted by Gasteiger charge is -2.12. The van der Waals surface area contributed by atoms with Crippen LogP contribution in [0.3, 0.4) is 0 Å². The molecule has 0 aliphatic carbocycles. The molecule has 0 aliphatic heterocycles. The molecule has 2 rings (SSSR count). The Labute approximate surface area is 157 Å². The first-order valence-corrected chi connectivity index (χ1v) is 8.60. The molecule has 0 fully saturated rings. The van der Waals surface area contributed by atoms with E-state index in [1.165, 1.54) is 18.5 Å². The highest BCUT2D eigenvalue weighted by atomic mass is 35.5. The van der Waals surface area contributed by atoms with Gasteiger partial charge in [0.25, 0.3) is 11.8 Å². The van der Waals surface area contributed by atoms with Crippen LogP contribution in [0.15, 0.2) is 30.6 Å². The van der Waals surface area contributed by atoms with Crippen LogP contribution >= 0.6 is 11.6 Å². The van der Waals surface area contributed by atoms with E-state index in [1.807, 2.05) is 19.9 Å². The summed E-state index contributed by atoms with van der Waals surface area (Å²) in [6.07, 6.45) is 3.54. The zero-order chi connectivity index (χ0) is 19.1. The van der Waals surface area contributed by atoms with Crippen LogP contribution in [-0.4, -0.2) is 37.1 Å². The number of carbonyl (C=O) groups excluding carboxylic acids is 2. The molecule has 2 aromatic rings. The van der Waals surface area contributed by atoms with Crippen molar-refractivity contribution in [1.82, 2.24) is 10.3 Å². The van der Waals surface area contributed by atoms with Crippen molar-refractivity contribution in [2.45, 2.75) is 20.3 Å². The molecule has 1 aromatic heterocycles. The molecule has 6 nitrogen and oxygen atoms in total. The Morgan fingerprint density at radius 3 is 2.46 bits per heavy atom. The number of benzene rings is 1. The minimum absolute atomic E-state index is 0.283. The van der Waals surface area contributed by atoms with Gasteiger partial charge in [-0.2, -0.15) is 0 Å². The SMILES string of the molecule is COCCCNC(=O)c1cncc(C(=O)Nc2c(C)cc(C)cc2Cl)c1. The molecule has 2 amide bonds. The van der Waals surface area contributed by atoms with Gasteiger partial charge in [0.1, 0.15) is 0 Å². The standard InChI is InChI=1S/C19H22ClN3O3/c1-12-7-13(2)17(16(20)8-12)23-19(25)15-9-14(10-21-11-15)18(24)22-5-4-6-26-3/h7-11H,4-6H2,1-3H3,(H,22,24)(H,23,25). The van der Waals surface area contributed by atoms with E-state index in [-0.39, 0.29) is 17.4 Å². The zero-order valence-corrected chi connectivity index (χ0v) is 15.8. The summed E-state index contributed by atoms with van der Waals surface area (Å²) in [6, 6.07) is 5.22. The zero-order valence-electron chi connectivity index (χ0n) is 15.1. The molecule has 7 heteroatoms. The summed E-state index contributed by atoms with van der Waals surface area (Å²) < 4.78 is 4.94. The minimum atomic E-state index is -0.375. The number of nitrogens with zero attached hydrogens (tertiary/aromatic N) is 1. The number of pyridine rings is 1. The summed E-state index contributed by atoms with van der Waals surface area (Å²) in [5.41, 5.74) is 3.03. The van der Waals surface area contributed by atoms with Crippen LogP contribution in [0, 0.1) is 13.8 Å². The van der Waals surface area contributed by atoms with Crippen molar-refractivity contribution in [3.05, 3.63) is 57.9 Å². The Balaban J connectivity index is 2.10. The molecule has 0 spiro atoms. The van der Waals surface area contributed by atoms with Gasteiger partial charge in [-0.15, -0.1) is 0 Å². The maximum absolute atomic E-state index is 12.5. The number of nitrogens with one attached hydrogen (secondary N) is 2. The van der Waals surface area contributed by atoms with Crippen molar-refractivity contribution < 1.29 is 14.3 Å². The predicted octanol–water partition coefficient (Wildman–Crippen LogP) is 3.37. The molecule has 0 aliphatic rings. The fraction of sp³-hybridized carbons (Fsp3) is 0.316. The van der Waals surface area contributed by atoms with E-state index >= 15 is 0 Å². The highest BCUT2D eigenvalue weighted by Gasteiger charge is 2.14. The van der Waals surface area contributed by atoms with Crippen LogP contribution in [0.2, 0.25) is 5.02 Å². The lowest BCUT2D eigenvalue weighted by molar-refractivity contribution is 0.0948. The molecule has 0 atom stereocenters. The third-order valence-electron chi connectivity index (χ3n) is 3.74. The number of aryl methyl sites for hydroxylation is 2. The first-order chi connectivity index (χ1) is 12.4. The lowest BCUT2D eigenvalue weighted by Crippen LogP contribution is -2.25. The van der Waals surface area contributed by atoms with Gasteiger partial charge in [-0.3, -0.25) is 14.6 Å². The largest absolute Gasteiger partial charge is 0.385 e. The number of rotatable bonds is 7. The molecule has 0 saturated carbocycles. The molecule has 0 saturated heterocycles. The topological polar surface area (TPSA) is 80.3 Å². The number of carbonyl (C=O) groups is 2. The van der Waals surface area contributed by atoms with Crippen molar-refractivity contribution in [2.24, 2.45) is 0 Å². The summed E-state index contributed by atoms with van der Waals surface area (Å²) in [6.45, 7) is 4.86. The highest BCUT2D eigenvalue weighted by molar-refractivity contribution is 6.34. The maximum Gasteiger partial charge on any atom is 0.257 e. The number of halogens is 1. The highest BCUT2D eigenvalue weighted by Crippen LogP contribution is 2.27. The van der Waals surface area contributed by atoms with Gasteiger partial charge in [-0.1, -0.05) is 17.7 Å². The molecule has 138 valence electrons. The Morgan fingerprint density at radius 1 is 1.12 bits per heavy atom. The first kappa shape index (κ1) is 19.9. The van der Waals surface area contributed by atoms with E-state index in [9.17, 15) is 9.59 Å². The van der Waals surface area contributed by atoms with Crippen LogP contribution in [-0.2, 0) is 4.74 Å². The number of ether oxygens (including phenoxy) is 1. The molecule has 1 heterocycles. The van der Waals surface area contributed by atoms with Gasteiger partial charge in [-0.25, -0.2) is 0 Å². The van der Waals surface area contributed by atoms with Crippen molar-refractivity contribution in [1.29, 1.82) is 0 Å². The smallest absolute Gasteiger partial charge is 0.257 e. The number of amides is 2. The number of anilines is 1. The van der Waals surface area contributed by atoms with Gasteiger partial charge in [0.05, 0.1) is 21.8 Å². The van der Waals surface area contributed by atoms with Gasteiger partial charge in [0, 0.05) is 32.7 Å². The summed E-state index contributed by atoms with van der Waals surface area (Å²) in [5, 5.41) is 6.02. The Hall–Kier alpha value is -2.44. The Morgan fingerprint density at radius 2 is 1.81 bits per heavy atom. The third kappa shape index (κ3) is 5.28. The second kappa shape index (κ2) is 9.31. The quantitative estimate of drug-likeness (QED) is 0.727. The summed E-state index contributed by atoms with van der Waals surface area (Å²) in [5.74, 6) is -0.659. The third-order valence-corrected chi connectivity index (χ3v) is 4.04. The molecular formula is C19H22ClN3O3. The van der Waals surface area contributed by atoms with Crippen molar-refractivity contribution in [2.75, 3.05) is 25.6 Å². The van der Waals surface area contributed by atoms with E-state index in [2.05, 4.69) is 15.6 Å². The van der Waals surface area contributed by atoms with Gasteiger partial charge in [0.15, 0.2) is 0 Å². The fourth-order valence-electron chi connectivity index (χ4n) is 2.47. The molecule has 1 aromatic carbocycles. The minimum Gasteiger partial charge on any atom is -0.385 e. The second-order valence-electron chi connectivity index (χ2n) is 5.96. The van der Waals surface area contributed by atoms with Crippen LogP contribution in [0.4, 0.5) is 5.69 Å². The summed E-state index contributed by atoms with van der Waals surface area (Å²) in [7, 11) is 1.61. The fourth-order valence-corrected chi connectivity index (χ4v) is 2.84. The van der Waals surface area contributed by atoms with E-state index in [0.717, 1.165) is 11.1 Å². The van der Waals surface area contributed by atoms with E-state index in [4.69, 9.17) is 16.3 Å². The Kier molecular flexibility index (Phi) is 7.12. The van der Waals surface area contributed by atoms with E-state index in [0.29, 0.717) is 35.8 Å². The lowest BCUT2D eigenvalue weighted by atomic mass is 10.1. The van der Waals surface area contributed by atoms with Crippen molar-refractivity contribution >= 4 is 29.1 Å². The first-order valence-electron chi connectivity index (χ1n) is 8.22. The average molecular weight is 376 g/mol. The van der Waals surface area contributed by atoms with Gasteiger partial charge < -0.3 is 15.4 Å². The van der Waals surface area contributed by atoms with Crippen LogP contribution in [0.5, 0.6) is 0 Å². The van der Waals surface area contributed by atoms with Crippen LogP contribution in [0.25, 0.3) is 0 Å². The number of methoxy groups -OCH3 is 1. The monoisotopic (exact) mass is 375 g/mol. The molecule has 0 bridgehead atoms. The number of aromatic nitrogens is 1. The summed E-state index contributed by atoms with van der Waals surface area (Å²) >= 11 is 6.23. The maximum atomic E-state index is 12.5. The molecule has 0 unspecified atom stereocenters. The second-order valence-corrected chi connectivity index (χ2v) is 6.36. The molecule has 2 N–H and O–H groups in total. The summed E-state index contributed by atoms with van der Waals surface area (Å²) in [4.78, 5) is 28.7.